The standard InChI is InChI=1S/C25H31N7O3/c1-2-31-13-9-20(29-31)25(34)32-12-6-4-3-5-11-27-23(33)19-14-18(15-21(19)32)24-28-22(30-35-24)17-8-7-10-26-16-17/h7-10,13,16,18-19,21H,2-6,11-12,14-15H2,1H3,(H,27,33). The molecule has 184 valence electrons. The summed E-state index contributed by atoms with van der Waals surface area (Å²) in [6, 6.07) is 5.21. The molecule has 0 aromatic carbocycles. The second-order valence-electron chi connectivity index (χ2n) is 9.30. The molecule has 3 aromatic rings. The van der Waals surface area contributed by atoms with Crippen LogP contribution in [-0.4, -0.2) is 60.8 Å². The molecule has 10 nitrogen and oxygen atoms in total. The number of nitrogens with one attached hydrogen (secondary N) is 1. The molecule has 2 amide bonds. The maximum Gasteiger partial charge on any atom is 0.274 e. The van der Waals surface area contributed by atoms with Gasteiger partial charge >= 0.3 is 0 Å². The van der Waals surface area contributed by atoms with Crippen LogP contribution >= 0.6 is 0 Å². The van der Waals surface area contributed by atoms with E-state index in [1.54, 1.807) is 23.1 Å². The van der Waals surface area contributed by atoms with Gasteiger partial charge in [-0.1, -0.05) is 18.0 Å². The molecule has 3 atom stereocenters. The van der Waals surface area contributed by atoms with Crippen molar-refractivity contribution in [1.82, 2.24) is 35.1 Å². The topological polar surface area (TPSA) is 119 Å². The van der Waals surface area contributed by atoms with Crippen molar-refractivity contribution >= 4 is 11.8 Å². The molecule has 2 aliphatic rings. The number of carbonyl (C=O) groups excluding carboxylic acids is 2. The van der Waals surface area contributed by atoms with Gasteiger partial charge in [-0.2, -0.15) is 10.1 Å². The molecule has 3 aromatic heterocycles. The summed E-state index contributed by atoms with van der Waals surface area (Å²) in [5, 5.41) is 11.7. The van der Waals surface area contributed by atoms with E-state index in [0.29, 0.717) is 49.9 Å². The number of rotatable bonds is 4. The van der Waals surface area contributed by atoms with Crippen LogP contribution in [0.2, 0.25) is 0 Å². The Morgan fingerprint density at radius 1 is 1.20 bits per heavy atom. The SMILES string of the molecule is CCn1ccc(C(=O)N2CCCCCCNC(=O)C3CC(c4nc(-c5cccnc5)no4)CC32)n1. The van der Waals surface area contributed by atoms with Crippen molar-refractivity contribution in [3.8, 4) is 11.4 Å². The zero-order valence-electron chi connectivity index (χ0n) is 20.0. The summed E-state index contributed by atoms with van der Waals surface area (Å²) in [4.78, 5) is 37.5. The van der Waals surface area contributed by atoms with Gasteiger partial charge < -0.3 is 14.7 Å². The minimum atomic E-state index is -0.343. The Morgan fingerprint density at radius 2 is 2.09 bits per heavy atom. The number of pyridine rings is 1. The minimum Gasteiger partial charge on any atom is -0.356 e. The monoisotopic (exact) mass is 477 g/mol. The molecule has 0 radical (unpaired) electrons. The Kier molecular flexibility index (Phi) is 6.87. The van der Waals surface area contributed by atoms with Crippen LogP contribution in [0.15, 0.2) is 41.3 Å². The van der Waals surface area contributed by atoms with Crippen LogP contribution < -0.4 is 5.32 Å². The molecule has 2 fully saturated rings. The van der Waals surface area contributed by atoms with Crippen molar-refractivity contribution in [3.05, 3.63) is 48.4 Å². The summed E-state index contributed by atoms with van der Waals surface area (Å²) >= 11 is 0. The second-order valence-corrected chi connectivity index (χ2v) is 9.30. The first-order valence-corrected chi connectivity index (χ1v) is 12.5. The van der Waals surface area contributed by atoms with Crippen molar-refractivity contribution in [3.63, 3.8) is 0 Å². The minimum absolute atomic E-state index is 0.0108. The molecule has 1 aliphatic carbocycles. The van der Waals surface area contributed by atoms with E-state index in [1.807, 2.05) is 30.2 Å². The van der Waals surface area contributed by atoms with E-state index < -0.39 is 0 Å². The highest BCUT2D eigenvalue weighted by molar-refractivity contribution is 5.93. The lowest BCUT2D eigenvalue weighted by atomic mass is 10.00. The summed E-state index contributed by atoms with van der Waals surface area (Å²) in [6.45, 7) is 3.94. The third kappa shape index (κ3) is 4.96. The molecule has 1 N–H and O–H groups in total. The number of hydrogen-bond acceptors (Lipinski definition) is 7. The maximum absolute atomic E-state index is 13.6. The number of aromatic nitrogens is 5. The summed E-state index contributed by atoms with van der Waals surface area (Å²) < 4.78 is 7.38. The first-order valence-electron chi connectivity index (χ1n) is 12.5. The van der Waals surface area contributed by atoms with Crippen LogP contribution in [0, 0.1) is 5.92 Å². The zero-order chi connectivity index (χ0) is 24.2. The molecule has 4 heterocycles. The predicted octanol–water partition coefficient (Wildman–Crippen LogP) is 3.04. The van der Waals surface area contributed by atoms with Crippen molar-refractivity contribution in [2.24, 2.45) is 5.92 Å². The fraction of sp³-hybridized carbons (Fsp3) is 0.520. The molecule has 0 bridgehead atoms. The van der Waals surface area contributed by atoms with E-state index in [0.717, 1.165) is 31.2 Å². The third-order valence-electron chi connectivity index (χ3n) is 7.05. The van der Waals surface area contributed by atoms with Gasteiger partial charge in [-0.05, 0) is 50.8 Å². The average Bonchev–Trinajstić information content (AvgIpc) is 3.64. The van der Waals surface area contributed by atoms with Gasteiger partial charge in [0.05, 0.1) is 5.92 Å². The van der Waals surface area contributed by atoms with Gasteiger partial charge in [-0.25, -0.2) is 0 Å². The third-order valence-corrected chi connectivity index (χ3v) is 7.05. The molecule has 35 heavy (non-hydrogen) atoms. The van der Waals surface area contributed by atoms with Crippen molar-refractivity contribution in [1.29, 1.82) is 0 Å². The average molecular weight is 478 g/mol. The Balaban J connectivity index is 1.43. The van der Waals surface area contributed by atoms with Gasteiger partial charge in [-0.15, -0.1) is 0 Å². The molecule has 5 rings (SSSR count). The van der Waals surface area contributed by atoms with E-state index >= 15 is 0 Å². The van der Waals surface area contributed by atoms with Crippen LogP contribution in [0.3, 0.4) is 0 Å². The van der Waals surface area contributed by atoms with Gasteiger partial charge in [0, 0.05) is 55.7 Å². The van der Waals surface area contributed by atoms with Crippen LogP contribution in [-0.2, 0) is 11.3 Å². The second kappa shape index (κ2) is 10.4. The van der Waals surface area contributed by atoms with E-state index in [-0.39, 0.29) is 29.7 Å². The smallest absolute Gasteiger partial charge is 0.274 e. The van der Waals surface area contributed by atoms with Crippen molar-refractivity contribution < 1.29 is 14.1 Å². The fourth-order valence-electron chi connectivity index (χ4n) is 5.18. The largest absolute Gasteiger partial charge is 0.356 e. The highest BCUT2D eigenvalue weighted by Crippen LogP contribution is 2.41. The van der Waals surface area contributed by atoms with E-state index in [2.05, 4.69) is 25.5 Å². The van der Waals surface area contributed by atoms with Crippen LogP contribution in [0.4, 0.5) is 0 Å². The molecule has 0 spiro atoms. The summed E-state index contributed by atoms with van der Waals surface area (Å²) in [6.07, 6.45) is 10.2. The normalized spacial score (nSPS) is 23.4. The highest BCUT2D eigenvalue weighted by Gasteiger charge is 2.46. The van der Waals surface area contributed by atoms with Crippen LogP contribution in [0.25, 0.3) is 11.4 Å². The Bertz CT molecular complexity index is 1160. The summed E-state index contributed by atoms with van der Waals surface area (Å²) in [5.74, 6) is 0.387. The number of nitrogens with zero attached hydrogens (tertiary/aromatic N) is 6. The fourth-order valence-corrected chi connectivity index (χ4v) is 5.18. The van der Waals surface area contributed by atoms with Gasteiger partial charge in [0.1, 0.15) is 5.69 Å². The van der Waals surface area contributed by atoms with Gasteiger partial charge in [-0.3, -0.25) is 19.3 Å². The quantitative estimate of drug-likeness (QED) is 0.613. The van der Waals surface area contributed by atoms with E-state index in [1.165, 1.54) is 0 Å². The number of fused-ring (bicyclic) bond motifs is 1. The van der Waals surface area contributed by atoms with Crippen molar-refractivity contribution in [2.75, 3.05) is 13.1 Å². The first-order chi connectivity index (χ1) is 17.1. The Hall–Kier alpha value is -3.56. The van der Waals surface area contributed by atoms with Gasteiger partial charge in [0.2, 0.25) is 17.6 Å². The predicted molar refractivity (Wildman–Crippen MR) is 127 cm³/mol. The molecule has 1 saturated carbocycles. The molecule has 10 heteroatoms. The number of carbonyl (C=O) groups is 2. The lowest BCUT2D eigenvalue weighted by Gasteiger charge is -2.32. The molecule has 1 saturated heterocycles. The molecule has 3 unspecified atom stereocenters. The zero-order valence-corrected chi connectivity index (χ0v) is 20.0. The van der Waals surface area contributed by atoms with E-state index in [4.69, 9.17) is 4.52 Å². The maximum atomic E-state index is 13.6. The lowest BCUT2D eigenvalue weighted by molar-refractivity contribution is -0.126. The highest BCUT2D eigenvalue weighted by atomic mass is 16.5. The van der Waals surface area contributed by atoms with Crippen LogP contribution in [0.1, 0.15) is 67.7 Å². The number of aryl methyl sites for hydroxylation is 1. The number of amides is 2. The molecular formula is C25H31N7O3. The van der Waals surface area contributed by atoms with E-state index in [9.17, 15) is 9.59 Å². The molecule has 1 aliphatic heterocycles. The molecular weight excluding hydrogens is 446 g/mol. The summed E-state index contributed by atoms with van der Waals surface area (Å²) in [5.41, 5.74) is 1.19. The number of hydrogen-bond donors (Lipinski definition) is 1. The van der Waals surface area contributed by atoms with Gasteiger partial charge in [0.15, 0.2) is 0 Å². The van der Waals surface area contributed by atoms with Crippen molar-refractivity contribution in [2.45, 2.75) is 64.0 Å². The Morgan fingerprint density at radius 3 is 2.89 bits per heavy atom. The van der Waals surface area contributed by atoms with Crippen LogP contribution in [0.5, 0.6) is 0 Å². The Labute approximate surface area is 204 Å². The first kappa shape index (κ1) is 23.2. The lowest BCUT2D eigenvalue weighted by Crippen LogP contribution is -2.47. The van der Waals surface area contributed by atoms with Gasteiger partial charge in [0.25, 0.3) is 5.91 Å². The summed E-state index contributed by atoms with van der Waals surface area (Å²) in [7, 11) is 0.